The fraction of sp³-hybridized carbons (Fsp3) is 0.304. The first kappa shape index (κ1) is 24.5. The minimum atomic E-state index is -4.56. The highest BCUT2D eigenvalue weighted by Gasteiger charge is 2.31. The van der Waals surface area contributed by atoms with E-state index in [2.05, 4.69) is 29.4 Å². The number of alkyl halides is 3. The van der Waals surface area contributed by atoms with Crippen LogP contribution in [-0.4, -0.2) is 11.0 Å². The van der Waals surface area contributed by atoms with Gasteiger partial charge >= 0.3 is 6.18 Å². The second-order valence-corrected chi connectivity index (χ2v) is 7.25. The number of rotatable bonds is 5. The smallest absolute Gasteiger partial charge is 0.416 e. The molecule has 0 bridgehead atoms. The maximum absolute atomic E-state index is 13.7. The maximum atomic E-state index is 13.7. The number of hydrogen-bond acceptors (Lipinski definition) is 3. The molecule has 1 unspecified atom stereocenters. The first-order valence-corrected chi connectivity index (χ1v) is 10.1. The van der Waals surface area contributed by atoms with Gasteiger partial charge in [0.25, 0.3) is 0 Å². The molecule has 1 aromatic heterocycles. The number of aromatic nitrogens is 1. The first-order valence-electron chi connectivity index (χ1n) is 9.63. The number of benzene rings is 2. The van der Waals surface area contributed by atoms with Crippen LogP contribution in [0.4, 0.5) is 17.6 Å². The summed E-state index contributed by atoms with van der Waals surface area (Å²) in [6.45, 7) is 10.8. The fourth-order valence-corrected chi connectivity index (χ4v) is 2.95. The van der Waals surface area contributed by atoms with Gasteiger partial charge in [0, 0.05) is 17.7 Å². The molecule has 31 heavy (non-hydrogen) atoms. The number of thiol groups is 1. The summed E-state index contributed by atoms with van der Waals surface area (Å²) in [7, 11) is 0. The van der Waals surface area contributed by atoms with Crippen molar-refractivity contribution in [1.29, 1.82) is 0 Å². The quantitative estimate of drug-likeness (QED) is 0.252. The summed E-state index contributed by atoms with van der Waals surface area (Å²) >= 11 is 4.21. The third-order valence-electron chi connectivity index (χ3n) is 4.58. The van der Waals surface area contributed by atoms with Gasteiger partial charge in [-0.3, -0.25) is 0 Å². The Morgan fingerprint density at radius 3 is 2.32 bits per heavy atom. The molecule has 0 saturated carbocycles. The van der Waals surface area contributed by atoms with Gasteiger partial charge in [-0.1, -0.05) is 26.0 Å². The van der Waals surface area contributed by atoms with Crippen molar-refractivity contribution < 1.29 is 22.0 Å². The van der Waals surface area contributed by atoms with Crippen molar-refractivity contribution in [2.75, 3.05) is 0 Å². The minimum absolute atomic E-state index is 0.0163. The molecule has 1 atom stereocenters. The molecule has 0 spiro atoms. The monoisotopic (exact) mass is 450 g/mol. The van der Waals surface area contributed by atoms with E-state index >= 15 is 0 Å². The second kappa shape index (κ2) is 11.0. The third kappa shape index (κ3) is 6.86. The van der Waals surface area contributed by atoms with Gasteiger partial charge in [-0.05, 0) is 42.3 Å². The van der Waals surface area contributed by atoms with Crippen LogP contribution in [0.3, 0.4) is 0 Å². The van der Waals surface area contributed by atoms with Crippen molar-refractivity contribution in [2.24, 2.45) is 0 Å². The average Bonchev–Trinajstić information content (AvgIpc) is 3.21. The third-order valence-corrected chi connectivity index (χ3v) is 4.88. The molecule has 0 amide bonds. The Kier molecular flexibility index (Phi) is 8.69. The Morgan fingerprint density at radius 2 is 1.81 bits per heavy atom. The van der Waals surface area contributed by atoms with Gasteiger partial charge in [0.1, 0.15) is 5.82 Å². The minimum Gasteiger partial charge on any atom is -0.443 e. The Labute approximate surface area is 184 Å². The Bertz CT molecular complexity index is 1020. The van der Waals surface area contributed by atoms with Crippen molar-refractivity contribution in [3.05, 3.63) is 82.9 Å². The average molecular weight is 451 g/mol. The summed E-state index contributed by atoms with van der Waals surface area (Å²) in [5, 5.41) is 0. The molecule has 3 rings (SSSR count). The number of aryl methyl sites for hydroxylation is 1. The van der Waals surface area contributed by atoms with Crippen LogP contribution >= 0.6 is 12.6 Å². The summed E-state index contributed by atoms with van der Waals surface area (Å²) in [5.41, 5.74) is 0.688. The first-order chi connectivity index (χ1) is 14.7. The van der Waals surface area contributed by atoms with Crippen LogP contribution in [0.1, 0.15) is 37.1 Å². The fourth-order valence-electron chi connectivity index (χ4n) is 2.80. The molecule has 0 N–H and O–H groups in total. The lowest BCUT2D eigenvalue weighted by molar-refractivity contribution is -0.137. The molecule has 0 fully saturated rings. The zero-order chi connectivity index (χ0) is 23.0. The van der Waals surface area contributed by atoms with E-state index in [1.807, 2.05) is 24.3 Å². The Balaban J connectivity index is 0.000000233. The van der Waals surface area contributed by atoms with Crippen molar-refractivity contribution in [2.45, 2.75) is 50.2 Å². The number of hydrogen-bond donors (Lipinski definition) is 1. The molecule has 0 radical (unpaired) electrons. The van der Waals surface area contributed by atoms with Gasteiger partial charge in [0.05, 0.1) is 16.8 Å². The van der Waals surface area contributed by atoms with E-state index in [1.165, 1.54) is 5.56 Å². The van der Waals surface area contributed by atoms with E-state index in [4.69, 9.17) is 11.0 Å². The van der Waals surface area contributed by atoms with Crippen molar-refractivity contribution in [3.63, 3.8) is 0 Å². The molecular formula is C23H22F4N2OS. The molecule has 2 aromatic carbocycles. The van der Waals surface area contributed by atoms with Crippen molar-refractivity contribution in [3.8, 4) is 11.3 Å². The van der Waals surface area contributed by atoms with Crippen molar-refractivity contribution in [1.82, 2.24) is 4.98 Å². The van der Waals surface area contributed by atoms with Crippen LogP contribution < -0.4 is 0 Å². The van der Waals surface area contributed by atoms with Crippen LogP contribution in [0, 0.1) is 12.4 Å². The summed E-state index contributed by atoms with van der Waals surface area (Å²) in [4.78, 5) is 8.39. The summed E-state index contributed by atoms with van der Waals surface area (Å²) < 4.78 is 55.8. The Hall–Kier alpha value is -2.79. The molecule has 0 aliphatic rings. The standard InChI is InChI=1S/C12H9F4NO.C11H13NS/c1-2-10-11(18-6-17-10)8-4-3-7(5-9(8)13)12(14,15)16;1-3-10(12-2)8-9-4-6-11(13)7-5-9/h3-6H,2H2,1H3;4-7,10,13H,3,8H2,1H3. The molecule has 164 valence electrons. The predicted octanol–water partition coefficient (Wildman–Crippen LogP) is 7.28. The van der Waals surface area contributed by atoms with E-state index < -0.39 is 17.6 Å². The zero-order valence-corrected chi connectivity index (χ0v) is 18.0. The highest BCUT2D eigenvalue weighted by atomic mass is 32.1. The van der Waals surface area contributed by atoms with Crippen LogP contribution in [0.15, 0.2) is 58.2 Å². The highest BCUT2D eigenvalue weighted by molar-refractivity contribution is 7.80. The van der Waals surface area contributed by atoms with Crippen LogP contribution in [-0.2, 0) is 19.0 Å². The molecular weight excluding hydrogens is 428 g/mol. The maximum Gasteiger partial charge on any atom is 0.416 e. The lowest BCUT2D eigenvalue weighted by atomic mass is 10.1. The zero-order valence-electron chi connectivity index (χ0n) is 17.1. The molecule has 0 saturated heterocycles. The second-order valence-electron chi connectivity index (χ2n) is 6.74. The Morgan fingerprint density at radius 1 is 1.13 bits per heavy atom. The molecule has 3 aromatic rings. The van der Waals surface area contributed by atoms with Gasteiger partial charge < -0.3 is 9.26 Å². The van der Waals surface area contributed by atoms with Crippen LogP contribution in [0.5, 0.6) is 0 Å². The van der Waals surface area contributed by atoms with E-state index in [9.17, 15) is 17.6 Å². The number of halogens is 4. The number of nitrogens with zero attached hydrogens (tertiary/aromatic N) is 2. The van der Waals surface area contributed by atoms with Crippen LogP contribution in [0.25, 0.3) is 16.2 Å². The topological polar surface area (TPSA) is 30.4 Å². The lowest BCUT2D eigenvalue weighted by Gasteiger charge is -2.08. The van der Waals surface area contributed by atoms with E-state index in [-0.39, 0.29) is 17.4 Å². The lowest BCUT2D eigenvalue weighted by Crippen LogP contribution is -2.05. The molecule has 8 heteroatoms. The van der Waals surface area contributed by atoms with Gasteiger partial charge in [0.15, 0.2) is 12.2 Å². The van der Waals surface area contributed by atoms with Gasteiger partial charge in [0.2, 0.25) is 6.04 Å². The summed E-state index contributed by atoms with van der Waals surface area (Å²) in [6, 6.07) is 10.5. The molecule has 1 heterocycles. The van der Waals surface area contributed by atoms with E-state index in [0.717, 1.165) is 36.3 Å². The predicted molar refractivity (Wildman–Crippen MR) is 114 cm³/mol. The van der Waals surface area contributed by atoms with Gasteiger partial charge in [-0.15, -0.1) is 12.6 Å². The van der Waals surface area contributed by atoms with Crippen molar-refractivity contribution >= 4 is 12.6 Å². The summed E-state index contributed by atoms with van der Waals surface area (Å²) in [6.07, 6.45) is -1.13. The van der Waals surface area contributed by atoms with E-state index in [0.29, 0.717) is 18.2 Å². The summed E-state index contributed by atoms with van der Waals surface area (Å²) in [5.74, 6) is -0.806. The SMILES string of the molecule is CCc1ncoc1-c1ccc(C(F)(F)F)cc1F.[C-]#[N+]C(CC)Cc1ccc(S)cc1. The molecule has 0 aliphatic heterocycles. The van der Waals surface area contributed by atoms with E-state index in [1.54, 1.807) is 6.92 Å². The van der Waals surface area contributed by atoms with Gasteiger partial charge in [-0.25, -0.2) is 15.9 Å². The molecule has 3 nitrogen and oxygen atoms in total. The van der Waals surface area contributed by atoms with Crippen LogP contribution in [0.2, 0.25) is 0 Å². The van der Waals surface area contributed by atoms with Gasteiger partial charge in [-0.2, -0.15) is 13.2 Å². The normalized spacial score (nSPS) is 11.9. The molecule has 0 aliphatic carbocycles. The highest BCUT2D eigenvalue weighted by Crippen LogP contribution is 2.33. The number of oxazole rings is 1. The largest absolute Gasteiger partial charge is 0.443 e.